The summed E-state index contributed by atoms with van der Waals surface area (Å²) in [6.07, 6.45) is 2.70. The number of hydrogen-bond donors (Lipinski definition) is 1. The first-order chi connectivity index (χ1) is 9.61. The van der Waals surface area contributed by atoms with Gasteiger partial charge in [0.05, 0.1) is 11.7 Å². The Bertz CT molecular complexity index is 573. The zero-order valence-corrected chi connectivity index (χ0v) is 14.2. The highest BCUT2D eigenvalue weighted by Crippen LogP contribution is 2.26. The Balaban J connectivity index is 2.41. The van der Waals surface area contributed by atoms with Crippen molar-refractivity contribution in [3.63, 3.8) is 0 Å². The van der Waals surface area contributed by atoms with E-state index in [-0.39, 0.29) is 11.9 Å². The number of hydrogen-bond acceptors (Lipinski definition) is 2. The van der Waals surface area contributed by atoms with E-state index in [2.05, 4.69) is 49.1 Å². The van der Waals surface area contributed by atoms with Crippen molar-refractivity contribution in [2.75, 3.05) is 6.54 Å². The van der Waals surface area contributed by atoms with Gasteiger partial charge in [0, 0.05) is 20.7 Å². The summed E-state index contributed by atoms with van der Waals surface area (Å²) in [6.45, 7) is 2.88. The minimum Gasteiger partial charge on any atom is -0.305 e. The second-order valence-electron chi connectivity index (χ2n) is 4.45. The predicted octanol–water partition coefficient (Wildman–Crippen LogP) is 4.83. The van der Waals surface area contributed by atoms with Crippen molar-refractivity contribution < 1.29 is 4.39 Å². The van der Waals surface area contributed by atoms with Crippen LogP contribution in [0.2, 0.25) is 0 Å². The zero-order chi connectivity index (χ0) is 14.5. The fraction of sp³-hybridized carbons (Fsp3) is 0.267. The van der Waals surface area contributed by atoms with Crippen LogP contribution >= 0.6 is 31.9 Å². The molecule has 20 heavy (non-hydrogen) atoms. The van der Waals surface area contributed by atoms with Gasteiger partial charge in [0.2, 0.25) is 0 Å². The molecule has 106 valence electrons. The lowest BCUT2D eigenvalue weighted by Gasteiger charge is -2.19. The lowest BCUT2D eigenvalue weighted by molar-refractivity contribution is 0.539. The number of benzene rings is 1. The van der Waals surface area contributed by atoms with Crippen LogP contribution in [0.15, 0.2) is 45.5 Å². The molecule has 1 unspecified atom stereocenters. The monoisotopic (exact) mass is 400 g/mol. The molecule has 1 aromatic carbocycles. The topological polar surface area (TPSA) is 24.9 Å². The molecule has 0 aliphatic heterocycles. The highest BCUT2D eigenvalue weighted by atomic mass is 79.9. The molecule has 0 aliphatic rings. The maximum atomic E-state index is 14.1. The van der Waals surface area contributed by atoms with Gasteiger partial charge in [0.25, 0.3) is 0 Å². The van der Waals surface area contributed by atoms with Crippen molar-refractivity contribution in [1.82, 2.24) is 10.3 Å². The number of nitrogens with one attached hydrogen (secondary N) is 1. The highest BCUT2D eigenvalue weighted by molar-refractivity contribution is 9.10. The smallest absolute Gasteiger partial charge is 0.128 e. The standard InChI is InChI=1S/C15H15Br2FN2/c1-2-7-19-15(14-6-4-11(17)9-20-14)12-8-10(16)3-5-13(12)18/h3-6,8-9,15,19H,2,7H2,1H3. The first-order valence-corrected chi connectivity index (χ1v) is 8.00. The molecule has 0 saturated carbocycles. The van der Waals surface area contributed by atoms with E-state index < -0.39 is 0 Å². The molecule has 5 heteroatoms. The van der Waals surface area contributed by atoms with Gasteiger partial charge in [-0.15, -0.1) is 0 Å². The van der Waals surface area contributed by atoms with E-state index in [4.69, 9.17) is 0 Å². The second-order valence-corrected chi connectivity index (χ2v) is 6.29. The van der Waals surface area contributed by atoms with Crippen molar-refractivity contribution >= 4 is 31.9 Å². The molecule has 2 rings (SSSR count). The molecule has 1 atom stereocenters. The Morgan fingerprint density at radius 3 is 2.60 bits per heavy atom. The number of nitrogens with zero attached hydrogens (tertiary/aromatic N) is 1. The Kier molecular flexibility index (Phi) is 5.69. The molecule has 0 radical (unpaired) electrons. The van der Waals surface area contributed by atoms with Crippen LogP contribution in [-0.2, 0) is 0 Å². The van der Waals surface area contributed by atoms with Crippen LogP contribution in [0.3, 0.4) is 0 Å². The summed E-state index contributed by atoms with van der Waals surface area (Å²) in [5.74, 6) is -0.230. The first kappa shape index (κ1) is 15.6. The fourth-order valence-corrected chi connectivity index (χ4v) is 2.57. The minimum atomic E-state index is -0.249. The van der Waals surface area contributed by atoms with E-state index in [0.29, 0.717) is 5.56 Å². The van der Waals surface area contributed by atoms with E-state index in [1.165, 1.54) is 6.07 Å². The molecule has 1 N–H and O–H groups in total. The van der Waals surface area contributed by atoms with Gasteiger partial charge < -0.3 is 5.32 Å². The molecular formula is C15H15Br2FN2. The summed E-state index contributed by atoms with van der Waals surface area (Å²) in [6, 6.07) is 8.53. The highest BCUT2D eigenvalue weighted by Gasteiger charge is 2.18. The minimum absolute atomic E-state index is 0.230. The van der Waals surface area contributed by atoms with Crippen LogP contribution in [-0.4, -0.2) is 11.5 Å². The Hall–Kier alpha value is -0.780. The molecule has 1 heterocycles. The molecule has 1 aromatic heterocycles. The van der Waals surface area contributed by atoms with Crippen molar-refractivity contribution in [2.45, 2.75) is 19.4 Å². The van der Waals surface area contributed by atoms with Crippen molar-refractivity contribution in [2.24, 2.45) is 0 Å². The summed E-state index contributed by atoms with van der Waals surface area (Å²) in [7, 11) is 0. The summed E-state index contributed by atoms with van der Waals surface area (Å²) in [4.78, 5) is 4.39. The number of rotatable bonds is 5. The molecule has 0 saturated heterocycles. The van der Waals surface area contributed by atoms with Gasteiger partial charge in [-0.1, -0.05) is 22.9 Å². The average Bonchev–Trinajstić information content (AvgIpc) is 2.44. The molecule has 2 aromatic rings. The second kappa shape index (κ2) is 7.29. The van der Waals surface area contributed by atoms with Gasteiger partial charge in [-0.05, 0) is 59.2 Å². The van der Waals surface area contributed by atoms with Gasteiger partial charge in [0.1, 0.15) is 5.82 Å². The largest absolute Gasteiger partial charge is 0.305 e. The van der Waals surface area contributed by atoms with Gasteiger partial charge >= 0.3 is 0 Å². The van der Waals surface area contributed by atoms with E-state index >= 15 is 0 Å². The molecule has 0 fully saturated rings. The van der Waals surface area contributed by atoms with Gasteiger partial charge in [-0.25, -0.2) is 4.39 Å². The molecule has 0 aliphatic carbocycles. The Morgan fingerprint density at radius 2 is 1.95 bits per heavy atom. The average molecular weight is 402 g/mol. The van der Waals surface area contributed by atoms with Gasteiger partial charge in [-0.3, -0.25) is 4.98 Å². The quantitative estimate of drug-likeness (QED) is 0.775. The third-order valence-corrected chi connectivity index (χ3v) is 3.88. The Morgan fingerprint density at radius 1 is 1.20 bits per heavy atom. The van der Waals surface area contributed by atoms with E-state index in [1.54, 1.807) is 18.3 Å². The van der Waals surface area contributed by atoms with Gasteiger partial charge in [-0.2, -0.15) is 0 Å². The zero-order valence-electron chi connectivity index (χ0n) is 11.0. The lowest BCUT2D eigenvalue weighted by atomic mass is 10.0. The Labute approximate surface area is 135 Å². The molecule has 2 nitrogen and oxygen atoms in total. The maximum absolute atomic E-state index is 14.1. The van der Waals surface area contributed by atoms with E-state index in [1.807, 2.05) is 12.1 Å². The van der Waals surface area contributed by atoms with Crippen LogP contribution in [0.5, 0.6) is 0 Å². The summed E-state index contributed by atoms with van der Waals surface area (Å²) in [5.41, 5.74) is 1.40. The van der Waals surface area contributed by atoms with E-state index in [9.17, 15) is 4.39 Å². The number of aromatic nitrogens is 1. The SMILES string of the molecule is CCCNC(c1ccc(Br)cn1)c1cc(Br)ccc1F. The fourth-order valence-electron chi connectivity index (χ4n) is 1.96. The van der Waals surface area contributed by atoms with Crippen LogP contribution in [0.25, 0.3) is 0 Å². The van der Waals surface area contributed by atoms with Crippen LogP contribution in [0.4, 0.5) is 4.39 Å². The van der Waals surface area contributed by atoms with Crippen molar-refractivity contribution in [3.05, 3.63) is 62.5 Å². The molecule has 0 bridgehead atoms. The molecule has 0 amide bonds. The summed E-state index contributed by atoms with van der Waals surface area (Å²) in [5, 5.41) is 3.35. The number of halogens is 3. The van der Waals surface area contributed by atoms with E-state index in [0.717, 1.165) is 27.6 Å². The third kappa shape index (κ3) is 3.87. The van der Waals surface area contributed by atoms with Crippen LogP contribution in [0, 0.1) is 5.82 Å². The first-order valence-electron chi connectivity index (χ1n) is 6.41. The summed E-state index contributed by atoms with van der Waals surface area (Å²) >= 11 is 6.76. The number of pyridine rings is 1. The summed E-state index contributed by atoms with van der Waals surface area (Å²) < 4.78 is 15.9. The van der Waals surface area contributed by atoms with Crippen molar-refractivity contribution in [1.29, 1.82) is 0 Å². The third-order valence-electron chi connectivity index (χ3n) is 2.91. The van der Waals surface area contributed by atoms with Crippen molar-refractivity contribution in [3.8, 4) is 0 Å². The maximum Gasteiger partial charge on any atom is 0.128 e. The predicted molar refractivity (Wildman–Crippen MR) is 86.2 cm³/mol. The van der Waals surface area contributed by atoms with Crippen LogP contribution < -0.4 is 5.32 Å². The lowest BCUT2D eigenvalue weighted by Crippen LogP contribution is -2.25. The normalized spacial score (nSPS) is 12.4. The van der Waals surface area contributed by atoms with Gasteiger partial charge in [0.15, 0.2) is 0 Å². The van der Waals surface area contributed by atoms with Crippen LogP contribution in [0.1, 0.15) is 30.6 Å². The molecule has 0 spiro atoms. The molecular weight excluding hydrogens is 387 g/mol.